The summed E-state index contributed by atoms with van der Waals surface area (Å²) in [4.78, 5) is 20.0. The fourth-order valence-electron chi connectivity index (χ4n) is 0. The fourth-order valence-corrected chi connectivity index (χ4v) is 0. The molecule has 0 aliphatic rings. The van der Waals surface area contributed by atoms with Crippen molar-refractivity contribution >= 4 is 36.8 Å². The molecule has 0 spiro atoms. The first-order valence-corrected chi connectivity index (χ1v) is 5.34. The predicted molar refractivity (Wildman–Crippen MR) is 69.4 cm³/mol. The summed E-state index contributed by atoms with van der Waals surface area (Å²) < 4.78 is 8.26. The van der Waals surface area contributed by atoms with E-state index in [9.17, 15) is 9.59 Å². The van der Waals surface area contributed by atoms with Crippen molar-refractivity contribution in [3.05, 3.63) is 0 Å². The van der Waals surface area contributed by atoms with Gasteiger partial charge in [-0.3, -0.25) is 9.59 Å². The Kier molecular flexibility index (Phi) is 23.0. The van der Waals surface area contributed by atoms with Crippen molar-refractivity contribution in [2.75, 3.05) is 0 Å². The molecule has 0 rings (SSSR count). The van der Waals surface area contributed by atoms with Gasteiger partial charge in [-0.1, -0.05) is 0 Å². The Labute approximate surface area is 132 Å². The van der Waals surface area contributed by atoms with Crippen LogP contribution in [0.3, 0.4) is 0 Å². The molecule has 0 aromatic heterocycles. The minimum atomic E-state index is -0.757. The van der Waals surface area contributed by atoms with Gasteiger partial charge in [-0.15, -0.1) is 24.8 Å². The topological polar surface area (TPSA) is 91.7 Å². The van der Waals surface area contributed by atoms with Crippen molar-refractivity contribution in [2.45, 2.75) is 41.5 Å². The third-order valence-electron chi connectivity index (χ3n) is 1.28. The van der Waals surface area contributed by atoms with Crippen LogP contribution in [-0.4, -0.2) is 22.2 Å². The van der Waals surface area contributed by atoms with Gasteiger partial charge in [0, 0.05) is 0 Å². The van der Waals surface area contributed by atoms with E-state index in [1.54, 1.807) is 41.5 Å². The standard InChI is InChI=1S/2C5H10O2.2ClH.Mo.O/c2*1-5(2,3)4(6)7;;;;/h2*1-3H3,(H,6,7);2*1H;;. The molecule has 0 aromatic carbocycles. The first-order chi connectivity index (χ1) is 6.89. The molecule has 0 fully saturated rings. The maximum atomic E-state index is 10.0. The molecular weight excluding hydrogens is 367 g/mol. The van der Waals surface area contributed by atoms with Crippen molar-refractivity contribution in [3.63, 3.8) is 0 Å². The maximum absolute atomic E-state index is 10.0. The number of aliphatic carboxylic acids is 2. The molecule has 0 aliphatic carbocycles. The van der Waals surface area contributed by atoms with Gasteiger partial charge in [-0.2, -0.15) is 0 Å². The summed E-state index contributed by atoms with van der Waals surface area (Å²) in [7, 11) is 0. The fraction of sp³-hybridized carbons (Fsp3) is 0.800. The van der Waals surface area contributed by atoms with Crippen LogP contribution in [0.5, 0.6) is 0 Å². The van der Waals surface area contributed by atoms with Crippen molar-refractivity contribution in [3.8, 4) is 0 Å². The van der Waals surface area contributed by atoms with E-state index in [1.807, 2.05) is 0 Å². The summed E-state index contributed by atoms with van der Waals surface area (Å²) in [5, 5.41) is 16.5. The van der Waals surface area contributed by atoms with Gasteiger partial charge < -0.3 is 10.2 Å². The van der Waals surface area contributed by atoms with Crippen LogP contribution in [0.25, 0.3) is 0 Å². The Hall–Kier alpha value is 0.00831. The number of carbonyl (C=O) groups is 2. The average molecular weight is 389 g/mol. The van der Waals surface area contributed by atoms with Gasteiger partial charge in [-0.05, 0) is 41.5 Å². The molecule has 112 valence electrons. The summed E-state index contributed by atoms with van der Waals surface area (Å²) in [6.45, 7) is 9.97. The van der Waals surface area contributed by atoms with Crippen LogP contribution < -0.4 is 0 Å². The third kappa shape index (κ3) is 25.0. The average Bonchev–Trinajstić information content (AvgIpc) is 2.05. The summed E-state index contributed by atoms with van der Waals surface area (Å²) >= 11 is 0.700. The van der Waals surface area contributed by atoms with Crippen molar-refractivity contribution in [1.82, 2.24) is 0 Å². The minimum absolute atomic E-state index is 0. The molecule has 5 nitrogen and oxygen atoms in total. The molecule has 0 amide bonds. The van der Waals surface area contributed by atoms with Crippen LogP contribution in [-0.2, 0) is 32.8 Å². The van der Waals surface area contributed by atoms with E-state index in [2.05, 4.69) is 0 Å². The van der Waals surface area contributed by atoms with E-state index >= 15 is 0 Å². The predicted octanol–water partition coefficient (Wildman–Crippen LogP) is 2.96. The molecule has 0 heterocycles. The molecule has 2 N–H and O–H groups in total. The zero-order chi connectivity index (χ0) is 14.2. The number of carboxylic acids is 2. The number of halogens is 2. The zero-order valence-corrected chi connectivity index (χ0v) is 15.0. The first kappa shape index (κ1) is 30.8. The third-order valence-corrected chi connectivity index (χ3v) is 1.28. The van der Waals surface area contributed by atoms with Crippen LogP contribution >= 0.6 is 24.8 Å². The van der Waals surface area contributed by atoms with Gasteiger partial charge >= 0.3 is 35.1 Å². The molecule has 18 heavy (non-hydrogen) atoms. The number of hydrogen-bond donors (Lipinski definition) is 2. The van der Waals surface area contributed by atoms with Crippen molar-refractivity contribution < 1.29 is 43.0 Å². The number of rotatable bonds is 0. The van der Waals surface area contributed by atoms with Crippen LogP contribution in [0.4, 0.5) is 0 Å². The van der Waals surface area contributed by atoms with E-state index < -0.39 is 22.8 Å². The van der Waals surface area contributed by atoms with Gasteiger partial charge in [0.2, 0.25) is 0 Å². The summed E-state index contributed by atoms with van der Waals surface area (Å²) in [5.41, 5.74) is -1.17. The summed E-state index contributed by atoms with van der Waals surface area (Å²) in [6.07, 6.45) is 0. The number of carboxylic acid groups (broad SMARTS) is 2. The Balaban J connectivity index is -0.0000000500. The quantitative estimate of drug-likeness (QED) is 0.622. The second-order valence-corrected chi connectivity index (χ2v) is 5.11. The van der Waals surface area contributed by atoms with Crippen LogP contribution in [0.1, 0.15) is 41.5 Å². The van der Waals surface area contributed by atoms with Gasteiger partial charge in [-0.25, -0.2) is 0 Å². The number of hydrogen-bond acceptors (Lipinski definition) is 3. The Morgan fingerprint density at radius 3 is 0.778 bits per heavy atom. The summed E-state index contributed by atoms with van der Waals surface area (Å²) in [6, 6.07) is 0. The van der Waals surface area contributed by atoms with Gasteiger partial charge in [0.1, 0.15) is 0 Å². The zero-order valence-electron chi connectivity index (χ0n) is 11.3. The molecule has 0 aromatic rings. The second kappa shape index (κ2) is 13.4. The summed E-state index contributed by atoms with van der Waals surface area (Å²) in [5.74, 6) is -1.51. The van der Waals surface area contributed by atoms with E-state index in [1.165, 1.54) is 0 Å². The SMILES string of the molecule is CC(C)(C)C(=O)O.CC(C)(C)C(=O)O.Cl.Cl.[O]=[Mo]. The van der Waals surface area contributed by atoms with Crippen molar-refractivity contribution in [1.29, 1.82) is 0 Å². The van der Waals surface area contributed by atoms with E-state index in [-0.39, 0.29) is 24.8 Å². The van der Waals surface area contributed by atoms with E-state index in [4.69, 9.17) is 13.6 Å². The molecule has 0 atom stereocenters. The Morgan fingerprint density at radius 2 is 0.778 bits per heavy atom. The molecule has 0 saturated carbocycles. The van der Waals surface area contributed by atoms with Crippen LogP contribution in [0.15, 0.2) is 0 Å². The van der Waals surface area contributed by atoms with Crippen LogP contribution in [0, 0.1) is 10.8 Å². The van der Waals surface area contributed by atoms with Crippen LogP contribution in [0.2, 0.25) is 0 Å². The molecular formula is C10H22Cl2MoO5. The monoisotopic (exact) mass is 390 g/mol. The van der Waals surface area contributed by atoms with E-state index in [0.29, 0.717) is 19.8 Å². The molecule has 8 heteroatoms. The molecule has 0 saturated heterocycles. The van der Waals surface area contributed by atoms with Gasteiger partial charge in [0.25, 0.3) is 0 Å². The Bertz CT molecular complexity index is 209. The first-order valence-electron chi connectivity index (χ1n) is 4.52. The normalized spacial score (nSPS) is 9.00. The molecule has 0 aliphatic heterocycles. The second-order valence-electron chi connectivity index (χ2n) is 5.11. The van der Waals surface area contributed by atoms with Gasteiger partial charge in [0.05, 0.1) is 10.8 Å². The Morgan fingerprint density at radius 1 is 0.722 bits per heavy atom. The van der Waals surface area contributed by atoms with Gasteiger partial charge in [0.15, 0.2) is 0 Å². The van der Waals surface area contributed by atoms with Crippen molar-refractivity contribution in [2.24, 2.45) is 10.8 Å². The van der Waals surface area contributed by atoms with E-state index in [0.717, 1.165) is 0 Å². The molecule has 0 bridgehead atoms. The molecule has 0 unspecified atom stereocenters. The molecule has 0 radical (unpaired) electrons.